The van der Waals surface area contributed by atoms with Gasteiger partial charge in [-0.25, -0.2) is 0 Å². The van der Waals surface area contributed by atoms with Gasteiger partial charge in [-0.3, -0.25) is 14.9 Å². The maximum atomic E-state index is 13.0. The predicted octanol–water partition coefficient (Wildman–Crippen LogP) is 3.92. The molecule has 2 aromatic heterocycles. The van der Waals surface area contributed by atoms with Crippen LogP contribution in [-0.2, 0) is 4.79 Å². The van der Waals surface area contributed by atoms with E-state index in [1.54, 1.807) is 12.4 Å². The Hall–Kier alpha value is -3.35. The van der Waals surface area contributed by atoms with Gasteiger partial charge in [0.2, 0.25) is 0 Å². The Balaban J connectivity index is 1.49. The number of rotatable bonds is 7. The first kappa shape index (κ1) is 19.9. The van der Waals surface area contributed by atoms with Crippen LogP contribution in [0.15, 0.2) is 48.9 Å². The molecule has 30 heavy (non-hydrogen) atoms. The highest BCUT2D eigenvalue weighted by molar-refractivity contribution is 5.79. The third kappa shape index (κ3) is 4.15. The summed E-state index contributed by atoms with van der Waals surface area (Å²) in [6.45, 7) is 5.14. The van der Waals surface area contributed by atoms with E-state index in [9.17, 15) is 4.79 Å². The van der Waals surface area contributed by atoms with E-state index < -0.39 is 0 Å². The molecule has 0 bridgehead atoms. The monoisotopic (exact) mass is 406 g/mol. The van der Waals surface area contributed by atoms with Crippen molar-refractivity contribution in [2.45, 2.75) is 32.7 Å². The molecule has 1 atom stereocenters. The number of H-pyrrole nitrogens is 1. The number of benzene rings is 1. The molecule has 1 aliphatic rings. The lowest BCUT2D eigenvalue weighted by Gasteiger charge is -2.25. The maximum absolute atomic E-state index is 13.0. The van der Waals surface area contributed by atoms with Gasteiger partial charge in [0.05, 0.1) is 24.5 Å². The molecule has 0 saturated carbocycles. The Labute approximate surface area is 176 Å². The number of carbonyl (C=O) groups excluding carboxylic acids is 1. The maximum Gasteiger partial charge on any atom is 0.261 e. The number of amides is 1. The Bertz CT molecular complexity index is 1000. The molecule has 1 amide bonds. The van der Waals surface area contributed by atoms with E-state index in [0.29, 0.717) is 24.7 Å². The summed E-state index contributed by atoms with van der Waals surface area (Å²) in [6.07, 6.45) is 7.16. The second kappa shape index (κ2) is 8.98. The van der Waals surface area contributed by atoms with Crippen LogP contribution in [0, 0.1) is 6.92 Å². The lowest BCUT2D eigenvalue weighted by molar-refractivity contribution is -0.134. The van der Waals surface area contributed by atoms with Gasteiger partial charge in [-0.1, -0.05) is 6.07 Å². The summed E-state index contributed by atoms with van der Waals surface area (Å²) < 4.78 is 11.5. The number of aromatic nitrogens is 3. The second-order valence-corrected chi connectivity index (χ2v) is 7.35. The average molecular weight is 406 g/mol. The van der Waals surface area contributed by atoms with Crippen molar-refractivity contribution >= 4 is 5.91 Å². The quantitative estimate of drug-likeness (QED) is 0.643. The molecule has 156 valence electrons. The van der Waals surface area contributed by atoms with E-state index >= 15 is 0 Å². The number of nitrogens with zero attached hydrogens (tertiary/aromatic N) is 3. The van der Waals surface area contributed by atoms with Gasteiger partial charge in [0.25, 0.3) is 5.91 Å². The number of carbonyl (C=O) groups is 1. The van der Waals surface area contributed by atoms with Crippen molar-refractivity contribution in [2.24, 2.45) is 0 Å². The molecule has 1 aromatic carbocycles. The van der Waals surface area contributed by atoms with Gasteiger partial charge in [-0.15, -0.1) is 0 Å². The van der Waals surface area contributed by atoms with Crippen LogP contribution in [0.5, 0.6) is 11.5 Å². The van der Waals surface area contributed by atoms with Crippen LogP contribution in [0.3, 0.4) is 0 Å². The van der Waals surface area contributed by atoms with E-state index in [-0.39, 0.29) is 18.6 Å². The third-order valence-corrected chi connectivity index (χ3v) is 5.32. The van der Waals surface area contributed by atoms with Gasteiger partial charge in [0, 0.05) is 24.5 Å². The Morgan fingerprint density at radius 2 is 2.03 bits per heavy atom. The van der Waals surface area contributed by atoms with Crippen LogP contribution in [0.2, 0.25) is 0 Å². The number of likely N-dealkylation sites (tertiary alicyclic amines) is 1. The molecular weight excluding hydrogens is 380 g/mol. The zero-order chi connectivity index (χ0) is 20.9. The van der Waals surface area contributed by atoms with Crippen LogP contribution in [0.4, 0.5) is 0 Å². The van der Waals surface area contributed by atoms with Crippen molar-refractivity contribution in [3.63, 3.8) is 0 Å². The number of nitrogens with one attached hydrogen (secondary N) is 1. The lowest BCUT2D eigenvalue weighted by Crippen LogP contribution is -2.34. The van der Waals surface area contributed by atoms with Gasteiger partial charge in [0.15, 0.2) is 18.1 Å². The van der Waals surface area contributed by atoms with Gasteiger partial charge in [-0.05, 0) is 62.1 Å². The molecule has 1 aliphatic heterocycles. The van der Waals surface area contributed by atoms with Gasteiger partial charge in [-0.2, -0.15) is 5.10 Å². The van der Waals surface area contributed by atoms with Crippen LogP contribution in [-0.4, -0.2) is 45.7 Å². The van der Waals surface area contributed by atoms with Crippen molar-refractivity contribution in [1.82, 2.24) is 20.1 Å². The summed E-state index contributed by atoms with van der Waals surface area (Å²) in [7, 11) is 0. The van der Waals surface area contributed by atoms with Gasteiger partial charge >= 0.3 is 0 Å². The number of ether oxygens (including phenoxy) is 2. The van der Waals surface area contributed by atoms with E-state index in [0.717, 1.165) is 35.2 Å². The minimum atomic E-state index is -0.0456. The highest BCUT2D eigenvalue weighted by atomic mass is 16.5. The molecular formula is C23H26N4O3. The van der Waals surface area contributed by atoms with E-state index in [4.69, 9.17) is 9.47 Å². The summed E-state index contributed by atoms with van der Waals surface area (Å²) >= 11 is 0. The molecule has 0 spiro atoms. The van der Waals surface area contributed by atoms with Gasteiger partial charge in [0.1, 0.15) is 0 Å². The van der Waals surface area contributed by atoms with Crippen LogP contribution in [0.1, 0.15) is 37.1 Å². The predicted molar refractivity (Wildman–Crippen MR) is 113 cm³/mol. The first-order valence-electron chi connectivity index (χ1n) is 10.3. The molecule has 1 N–H and O–H groups in total. The molecule has 7 heteroatoms. The summed E-state index contributed by atoms with van der Waals surface area (Å²) in [5.74, 6) is 1.21. The van der Waals surface area contributed by atoms with Crippen molar-refractivity contribution in [3.05, 3.63) is 60.2 Å². The smallest absolute Gasteiger partial charge is 0.261 e. The summed E-state index contributed by atoms with van der Waals surface area (Å²) in [4.78, 5) is 19.0. The second-order valence-electron chi connectivity index (χ2n) is 7.35. The first-order chi connectivity index (χ1) is 14.7. The van der Waals surface area contributed by atoms with Crippen molar-refractivity contribution < 1.29 is 14.3 Å². The highest BCUT2D eigenvalue weighted by Gasteiger charge is 2.33. The fourth-order valence-corrected chi connectivity index (χ4v) is 3.90. The molecule has 1 saturated heterocycles. The number of hydrogen-bond acceptors (Lipinski definition) is 5. The molecule has 7 nitrogen and oxygen atoms in total. The lowest BCUT2D eigenvalue weighted by atomic mass is 10.0. The molecule has 0 radical (unpaired) electrons. The normalized spacial score (nSPS) is 15.9. The average Bonchev–Trinajstić information content (AvgIpc) is 3.43. The standard InChI is InChI=1S/C23H26N4O3/c1-3-29-21-13-16(2)6-7-20(21)30-15-22(28)27-12-4-5-19(27)23-18(14-25-26-23)17-8-10-24-11-9-17/h6-11,13-14,19H,3-5,12,15H2,1-2H3,(H,25,26). The van der Waals surface area contributed by atoms with Gasteiger partial charge < -0.3 is 14.4 Å². The Morgan fingerprint density at radius 1 is 1.20 bits per heavy atom. The molecule has 4 rings (SSSR count). The third-order valence-electron chi connectivity index (χ3n) is 5.32. The SMILES string of the molecule is CCOc1cc(C)ccc1OCC(=O)N1CCCC1c1[nH]ncc1-c1ccncc1. The van der Waals surface area contributed by atoms with E-state index in [1.165, 1.54) is 0 Å². The zero-order valence-corrected chi connectivity index (χ0v) is 17.3. The number of aromatic amines is 1. The fraction of sp³-hybridized carbons (Fsp3) is 0.348. The number of hydrogen-bond donors (Lipinski definition) is 1. The van der Waals surface area contributed by atoms with E-state index in [1.807, 2.05) is 55.3 Å². The summed E-state index contributed by atoms with van der Waals surface area (Å²) in [5.41, 5.74) is 4.07. The van der Waals surface area contributed by atoms with Crippen molar-refractivity contribution in [1.29, 1.82) is 0 Å². The van der Waals surface area contributed by atoms with Crippen LogP contribution < -0.4 is 9.47 Å². The first-order valence-corrected chi connectivity index (χ1v) is 10.3. The Kier molecular flexibility index (Phi) is 5.97. The molecule has 1 unspecified atom stereocenters. The largest absolute Gasteiger partial charge is 0.490 e. The molecule has 3 aromatic rings. The number of aryl methyl sites for hydroxylation is 1. The minimum absolute atomic E-state index is 0.0294. The topological polar surface area (TPSA) is 80.3 Å². The van der Waals surface area contributed by atoms with Crippen molar-refractivity contribution in [2.75, 3.05) is 19.8 Å². The zero-order valence-electron chi connectivity index (χ0n) is 17.3. The van der Waals surface area contributed by atoms with Crippen LogP contribution >= 0.6 is 0 Å². The summed E-state index contributed by atoms with van der Waals surface area (Å²) in [5, 5.41) is 7.35. The fourth-order valence-electron chi connectivity index (χ4n) is 3.90. The molecule has 3 heterocycles. The minimum Gasteiger partial charge on any atom is -0.490 e. The van der Waals surface area contributed by atoms with E-state index in [2.05, 4.69) is 15.2 Å². The Morgan fingerprint density at radius 3 is 2.83 bits per heavy atom. The molecule has 1 fully saturated rings. The summed E-state index contributed by atoms with van der Waals surface area (Å²) in [6, 6.07) is 9.58. The van der Waals surface area contributed by atoms with Crippen LogP contribution in [0.25, 0.3) is 11.1 Å². The molecule has 0 aliphatic carbocycles. The number of pyridine rings is 1. The highest BCUT2D eigenvalue weighted by Crippen LogP contribution is 2.36. The van der Waals surface area contributed by atoms with Crippen molar-refractivity contribution in [3.8, 4) is 22.6 Å².